The van der Waals surface area contributed by atoms with Gasteiger partial charge in [-0.1, -0.05) is 12.5 Å². The molecule has 7 heteroatoms. The predicted molar refractivity (Wildman–Crippen MR) is 118 cm³/mol. The molecule has 3 fully saturated rings. The van der Waals surface area contributed by atoms with Gasteiger partial charge in [-0.05, 0) is 32.1 Å². The number of H-pyrrole nitrogens is 1. The quantitative estimate of drug-likeness (QED) is 0.708. The number of rotatable bonds is 7. The Bertz CT molecular complexity index is 937. The molecule has 4 atom stereocenters. The molecule has 3 aliphatic rings. The van der Waals surface area contributed by atoms with Gasteiger partial charge < -0.3 is 19.2 Å². The Morgan fingerprint density at radius 2 is 2.19 bits per heavy atom. The molecule has 7 nitrogen and oxygen atoms in total. The van der Waals surface area contributed by atoms with E-state index in [4.69, 9.17) is 14.1 Å². The van der Waals surface area contributed by atoms with Crippen molar-refractivity contribution >= 4 is 6.08 Å². The van der Waals surface area contributed by atoms with E-state index >= 15 is 0 Å². The van der Waals surface area contributed by atoms with E-state index in [0.717, 1.165) is 68.7 Å². The van der Waals surface area contributed by atoms with Crippen molar-refractivity contribution < 1.29 is 14.3 Å². The van der Waals surface area contributed by atoms with E-state index in [0.29, 0.717) is 5.92 Å². The van der Waals surface area contributed by atoms with Gasteiger partial charge in [-0.25, -0.2) is 4.98 Å². The Morgan fingerprint density at radius 1 is 1.35 bits per heavy atom. The molecule has 2 aromatic heterocycles. The van der Waals surface area contributed by atoms with Crippen LogP contribution in [0.5, 0.6) is 0 Å². The Hall–Kier alpha value is -1.93. The first-order valence-electron chi connectivity index (χ1n) is 11.5. The van der Waals surface area contributed by atoms with Crippen molar-refractivity contribution in [2.45, 2.75) is 45.4 Å². The summed E-state index contributed by atoms with van der Waals surface area (Å²) in [7, 11) is 0. The highest BCUT2D eigenvalue weighted by molar-refractivity contribution is 5.46. The van der Waals surface area contributed by atoms with E-state index in [2.05, 4.69) is 41.6 Å². The van der Waals surface area contributed by atoms with Crippen molar-refractivity contribution in [1.82, 2.24) is 19.8 Å². The summed E-state index contributed by atoms with van der Waals surface area (Å²) in [5.41, 5.74) is 3.38. The maximum atomic E-state index is 10.2. The number of morpholine rings is 1. The number of furan rings is 1. The third-order valence-corrected chi connectivity index (χ3v) is 7.29. The van der Waals surface area contributed by atoms with Crippen molar-refractivity contribution in [2.75, 3.05) is 39.3 Å². The number of aromatic amines is 1. The molecule has 0 aromatic carbocycles. The molecule has 2 N–H and O–H groups in total. The van der Waals surface area contributed by atoms with Crippen LogP contribution in [0.3, 0.4) is 0 Å². The monoisotopic (exact) mass is 426 g/mol. The molecule has 2 bridgehead atoms. The molecule has 0 saturated carbocycles. The first-order chi connectivity index (χ1) is 15.0. The van der Waals surface area contributed by atoms with Crippen molar-refractivity contribution in [1.29, 1.82) is 0 Å². The molecule has 3 aliphatic heterocycles. The maximum absolute atomic E-state index is 10.2. The largest absolute Gasteiger partial charge is 0.465 e. The van der Waals surface area contributed by atoms with E-state index in [9.17, 15) is 5.11 Å². The number of aryl methyl sites for hydroxylation is 2. The molecule has 0 radical (unpaired) electrons. The molecule has 0 amide bonds. The second kappa shape index (κ2) is 8.20. The van der Waals surface area contributed by atoms with Crippen molar-refractivity contribution in [3.8, 4) is 0 Å². The normalized spacial score (nSPS) is 31.5. The van der Waals surface area contributed by atoms with Crippen LogP contribution in [-0.4, -0.2) is 75.9 Å². The third-order valence-electron chi connectivity index (χ3n) is 7.29. The molecule has 3 saturated heterocycles. The molecular formula is C24H34N4O3. The number of hydrogen-bond donors (Lipinski definition) is 2. The zero-order chi connectivity index (χ0) is 21.6. The summed E-state index contributed by atoms with van der Waals surface area (Å²) in [4.78, 5) is 13.2. The first kappa shape index (κ1) is 20.9. The number of nitrogens with one attached hydrogen (secondary N) is 1. The van der Waals surface area contributed by atoms with Crippen LogP contribution in [0.2, 0.25) is 0 Å². The summed E-state index contributed by atoms with van der Waals surface area (Å²) in [6, 6.07) is 3.90. The lowest BCUT2D eigenvalue weighted by Gasteiger charge is -2.40. The van der Waals surface area contributed by atoms with Crippen molar-refractivity contribution in [2.24, 2.45) is 11.8 Å². The van der Waals surface area contributed by atoms with Gasteiger partial charge in [0.15, 0.2) is 0 Å². The van der Waals surface area contributed by atoms with Crippen LogP contribution in [0.25, 0.3) is 6.08 Å². The lowest BCUT2D eigenvalue weighted by Crippen LogP contribution is -2.54. The Balaban J connectivity index is 1.31. The summed E-state index contributed by atoms with van der Waals surface area (Å²) in [6.07, 6.45) is 4.86. The summed E-state index contributed by atoms with van der Waals surface area (Å²) in [5.74, 6) is 2.52. The van der Waals surface area contributed by atoms with Gasteiger partial charge >= 0.3 is 0 Å². The van der Waals surface area contributed by atoms with Gasteiger partial charge in [-0.15, -0.1) is 0 Å². The minimum atomic E-state index is -0.195. The Kier molecular flexibility index (Phi) is 5.54. The average molecular weight is 427 g/mol. The highest BCUT2D eigenvalue weighted by atomic mass is 16.5. The minimum absolute atomic E-state index is 0.112. The standard InChI is InChI=1S/C24H34N4O3/c1-4-23-25-17(3)21(26-23)11-28-10-20-19(13-29)22-12-27(14-24(20,15-28)31-22)9-16(2)8-18-6-5-7-30-18/h5-8,19-20,22,29H,4,9-15H2,1-3H3,(H,25,26)/b16-8+/t19-,20+,22+,24+/m0/s1. The number of ether oxygens (including phenoxy) is 1. The fourth-order valence-electron chi connectivity index (χ4n) is 5.97. The van der Waals surface area contributed by atoms with Crippen LogP contribution < -0.4 is 0 Å². The lowest BCUT2D eigenvalue weighted by atomic mass is 9.83. The van der Waals surface area contributed by atoms with Crippen molar-refractivity contribution in [3.05, 3.63) is 46.9 Å². The summed E-state index contributed by atoms with van der Waals surface area (Å²) in [6.45, 7) is 12.0. The van der Waals surface area contributed by atoms with Gasteiger partial charge in [0.2, 0.25) is 0 Å². The van der Waals surface area contributed by atoms with Gasteiger partial charge in [0.05, 0.1) is 23.7 Å². The van der Waals surface area contributed by atoms with E-state index in [1.54, 1.807) is 6.26 Å². The van der Waals surface area contributed by atoms with Crippen LogP contribution in [0.4, 0.5) is 0 Å². The van der Waals surface area contributed by atoms with Gasteiger partial charge in [0, 0.05) is 69.8 Å². The van der Waals surface area contributed by atoms with Gasteiger partial charge in [0.25, 0.3) is 0 Å². The summed E-state index contributed by atoms with van der Waals surface area (Å²) < 4.78 is 12.1. The van der Waals surface area contributed by atoms with Crippen LogP contribution in [0.1, 0.15) is 36.8 Å². The van der Waals surface area contributed by atoms with E-state index < -0.39 is 0 Å². The van der Waals surface area contributed by atoms with Gasteiger partial charge in [0.1, 0.15) is 11.6 Å². The van der Waals surface area contributed by atoms with E-state index in [-0.39, 0.29) is 24.2 Å². The molecule has 0 unspecified atom stereocenters. The van der Waals surface area contributed by atoms with Crippen LogP contribution >= 0.6 is 0 Å². The number of nitrogens with zero attached hydrogens (tertiary/aromatic N) is 3. The Labute approximate surface area is 184 Å². The van der Waals surface area contributed by atoms with E-state index in [1.807, 2.05) is 12.1 Å². The molecule has 2 aromatic rings. The molecule has 5 rings (SSSR count). The lowest BCUT2D eigenvalue weighted by molar-refractivity contribution is -0.115. The first-order valence-corrected chi connectivity index (χ1v) is 11.5. The number of fused-ring (bicyclic) bond motifs is 1. The zero-order valence-electron chi connectivity index (χ0n) is 18.8. The fraction of sp³-hybridized carbons (Fsp3) is 0.625. The number of hydrogen-bond acceptors (Lipinski definition) is 6. The van der Waals surface area contributed by atoms with Crippen LogP contribution in [0, 0.1) is 18.8 Å². The van der Waals surface area contributed by atoms with Crippen LogP contribution in [-0.2, 0) is 17.7 Å². The number of aliphatic hydroxyl groups excluding tert-OH is 1. The fourth-order valence-corrected chi connectivity index (χ4v) is 5.97. The van der Waals surface area contributed by atoms with Gasteiger partial charge in [-0.2, -0.15) is 0 Å². The zero-order valence-corrected chi connectivity index (χ0v) is 18.8. The molecule has 168 valence electrons. The average Bonchev–Trinajstić information content (AvgIpc) is 3.46. The third kappa shape index (κ3) is 3.89. The number of likely N-dealkylation sites (tertiary alicyclic amines) is 2. The topological polar surface area (TPSA) is 77.8 Å². The maximum Gasteiger partial charge on any atom is 0.126 e. The molecule has 1 spiro atoms. The second-order valence-electron chi connectivity index (χ2n) is 9.63. The molecule has 5 heterocycles. The smallest absolute Gasteiger partial charge is 0.126 e. The SMILES string of the molecule is CCc1nc(CN2C[C@@H]3[C@H](CO)[C@H]4CN(C/C(C)=C/c5ccco5)C[C@]3(C2)O4)c(C)[nH]1. The molecule has 31 heavy (non-hydrogen) atoms. The van der Waals surface area contributed by atoms with E-state index in [1.165, 1.54) is 5.57 Å². The van der Waals surface area contributed by atoms with Gasteiger partial charge in [-0.3, -0.25) is 9.80 Å². The number of aliphatic hydroxyl groups is 1. The minimum Gasteiger partial charge on any atom is -0.465 e. The number of aromatic nitrogens is 2. The highest BCUT2D eigenvalue weighted by Crippen LogP contribution is 2.49. The van der Waals surface area contributed by atoms with Crippen molar-refractivity contribution in [3.63, 3.8) is 0 Å². The second-order valence-corrected chi connectivity index (χ2v) is 9.63. The molecular weight excluding hydrogens is 392 g/mol. The summed E-state index contributed by atoms with van der Waals surface area (Å²) in [5, 5.41) is 10.2. The highest BCUT2D eigenvalue weighted by Gasteiger charge is 2.62. The van der Waals surface area contributed by atoms with Crippen LogP contribution in [0.15, 0.2) is 28.4 Å². The summed E-state index contributed by atoms with van der Waals surface area (Å²) >= 11 is 0. The Morgan fingerprint density at radius 3 is 2.90 bits per heavy atom. The predicted octanol–water partition coefficient (Wildman–Crippen LogP) is 2.47. The molecule has 0 aliphatic carbocycles. The number of imidazole rings is 1.